The van der Waals surface area contributed by atoms with Gasteiger partial charge in [-0.05, 0) is 96.5 Å². The molecule has 5 heterocycles. The van der Waals surface area contributed by atoms with Crippen LogP contribution in [-0.2, 0) is 29.7 Å². The van der Waals surface area contributed by atoms with Crippen LogP contribution in [0.4, 0.5) is 18.4 Å². The van der Waals surface area contributed by atoms with Gasteiger partial charge in [0.25, 0.3) is 11.8 Å². The van der Waals surface area contributed by atoms with E-state index in [2.05, 4.69) is 25.6 Å². The van der Waals surface area contributed by atoms with Crippen molar-refractivity contribution in [1.82, 2.24) is 40.4 Å². The zero-order chi connectivity index (χ0) is 46.4. The molecule has 0 saturated carbocycles. The summed E-state index contributed by atoms with van der Waals surface area (Å²) in [5, 5.41) is 5.45. The van der Waals surface area contributed by atoms with Gasteiger partial charge < -0.3 is 44.6 Å². The monoisotopic (exact) mass is 912 g/mol. The van der Waals surface area contributed by atoms with Crippen molar-refractivity contribution in [3.05, 3.63) is 119 Å². The van der Waals surface area contributed by atoms with Gasteiger partial charge in [-0.3, -0.25) is 9.59 Å². The van der Waals surface area contributed by atoms with Crippen LogP contribution < -0.4 is 10.6 Å². The highest BCUT2D eigenvalue weighted by molar-refractivity contribution is 5.89. The lowest BCUT2D eigenvalue weighted by atomic mass is 9.90. The number of nitrogens with zero attached hydrogens (tertiary/aromatic N) is 4. The van der Waals surface area contributed by atoms with Gasteiger partial charge in [0.15, 0.2) is 0 Å². The number of H-pyrrole nitrogens is 2. The number of benzene rings is 4. The van der Waals surface area contributed by atoms with Crippen molar-refractivity contribution in [1.29, 1.82) is 0 Å². The summed E-state index contributed by atoms with van der Waals surface area (Å²) in [6, 6.07) is 22.3. The first-order valence-electron chi connectivity index (χ1n) is 22.7. The maximum absolute atomic E-state index is 16.6. The second-order valence-corrected chi connectivity index (χ2v) is 17.6. The highest BCUT2D eigenvalue weighted by Crippen LogP contribution is 2.53. The quantitative estimate of drug-likeness (QED) is 0.105. The van der Waals surface area contributed by atoms with E-state index in [0.29, 0.717) is 114 Å². The Labute approximate surface area is 384 Å². The number of fused-ring (bicyclic) bond motifs is 4. The lowest BCUT2D eigenvalue weighted by Gasteiger charge is -2.34. The van der Waals surface area contributed by atoms with Gasteiger partial charge in [0.2, 0.25) is 5.91 Å². The number of amides is 4. The second kappa shape index (κ2) is 17.9. The summed E-state index contributed by atoms with van der Waals surface area (Å²) in [5.74, 6) is -2.76. The van der Waals surface area contributed by atoms with E-state index in [-0.39, 0.29) is 40.9 Å². The molecule has 4 N–H and O–H groups in total. The van der Waals surface area contributed by atoms with Gasteiger partial charge in [0.1, 0.15) is 23.7 Å². The highest BCUT2D eigenvalue weighted by atomic mass is 19.3. The number of nitrogens with one attached hydrogen (secondary N) is 4. The number of carbonyl (C=O) groups excluding carboxylic acids is 4. The van der Waals surface area contributed by atoms with Crippen molar-refractivity contribution < 1.29 is 42.2 Å². The lowest BCUT2D eigenvalue weighted by Crippen LogP contribution is -2.53. The summed E-state index contributed by atoms with van der Waals surface area (Å²) in [4.78, 5) is 72.5. The number of imidazole rings is 2. The van der Waals surface area contributed by atoms with E-state index in [0.717, 1.165) is 12.8 Å². The number of ether oxygens (including phenoxy) is 3. The van der Waals surface area contributed by atoms with E-state index in [4.69, 9.17) is 19.2 Å². The zero-order valence-electron chi connectivity index (χ0n) is 37.0. The molecule has 0 bridgehead atoms. The number of likely N-dealkylation sites (tertiary alicyclic amines) is 2. The van der Waals surface area contributed by atoms with Crippen LogP contribution in [0.25, 0.3) is 44.5 Å². The van der Waals surface area contributed by atoms with Gasteiger partial charge in [0, 0.05) is 43.0 Å². The molecule has 4 amide bonds. The number of aromatic nitrogens is 4. The standard InChI is InChI=1S/C50H50F2N8O7/c1-65-48(63)57-42(28-8-4-3-5-9-28)46(61)60-21-7-11-41(60)45-54-37-17-14-31(26-38(37)55-45)30-12-15-33-34-16-13-32(25-36(34)50(51,52)35(33)24-30)39-27-53-44(56-39)40-10-6-20-59(40)47(62)43(58-49(64)66-2)29-18-22-67-23-19-29/h3-5,8-9,12-17,24-27,29,40-43H,6-7,10-11,18-23H2,1-2H3,(H,53,56)(H,54,55)(H,57,63)(H,58,64)/t40-,41-,42+,43-/m0/s1. The van der Waals surface area contributed by atoms with Crippen LogP contribution in [-0.4, -0.2) is 100 Å². The fourth-order valence-corrected chi connectivity index (χ4v) is 10.3. The minimum atomic E-state index is -3.30. The Kier molecular flexibility index (Phi) is 11.7. The smallest absolute Gasteiger partial charge is 0.407 e. The molecule has 3 aliphatic heterocycles. The second-order valence-electron chi connectivity index (χ2n) is 17.6. The molecule has 67 heavy (non-hydrogen) atoms. The van der Waals surface area contributed by atoms with E-state index < -0.39 is 30.2 Å². The van der Waals surface area contributed by atoms with Gasteiger partial charge in [0.05, 0.1) is 49.2 Å². The number of alkyl halides is 2. The van der Waals surface area contributed by atoms with Crippen molar-refractivity contribution in [2.75, 3.05) is 40.5 Å². The molecule has 0 unspecified atom stereocenters. The molecule has 4 aromatic carbocycles. The first-order valence-corrected chi connectivity index (χ1v) is 22.7. The Balaban J connectivity index is 0.869. The van der Waals surface area contributed by atoms with Gasteiger partial charge >= 0.3 is 12.2 Å². The van der Waals surface area contributed by atoms with Crippen molar-refractivity contribution in [3.63, 3.8) is 0 Å². The molecule has 2 aromatic heterocycles. The molecule has 0 radical (unpaired) electrons. The lowest BCUT2D eigenvalue weighted by molar-refractivity contribution is -0.137. The third-order valence-electron chi connectivity index (χ3n) is 13.7. The summed E-state index contributed by atoms with van der Waals surface area (Å²) in [7, 11) is 2.52. The van der Waals surface area contributed by atoms with Crippen LogP contribution in [0.3, 0.4) is 0 Å². The fourth-order valence-electron chi connectivity index (χ4n) is 10.3. The molecule has 346 valence electrons. The van der Waals surface area contributed by atoms with Crippen LogP contribution in [0.2, 0.25) is 0 Å². The Morgan fingerprint density at radius 2 is 1.34 bits per heavy atom. The average molecular weight is 913 g/mol. The molecule has 17 heteroatoms. The number of halogens is 2. The summed E-state index contributed by atoms with van der Waals surface area (Å²) in [6.45, 7) is 1.97. The Hall–Kier alpha value is -7.14. The summed E-state index contributed by atoms with van der Waals surface area (Å²) >= 11 is 0. The largest absolute Gasteiger partial charge is 0.453 e. The maximum Gasteiger partial charge on any atom is 0.407 e. The average Bonchev–Trinajstić information content (AvgIpc) is 4.23. The van der Waals surface area contributed by atoms with E-state index in [9.17, 15) is 19.2 Å². The fraction of sp³-hybridized carbons (Fsp3) is 0.360. The molecular formula is C50H50F2N8O7. The van der Waals surface area contributed by atoms with E-state index >= 15 is 8.78 Å². The minimum Gasteiger partial charge on any atom is -0.453 e. The maximum atomic E-state index is 16.6. The third kappa shape index (κ3) is 8.14. The topological polar surface area (TPSA) is 184 Å². The molecule has 4 aliphatic rings. The number of aromatic amines is 2. The zero-order valence-corrected chi connectivity index (χ0v) is 37.0. The number of hydrogen-bond donors (Lipinski definition) is 4. The Morgan fingerprint density at radius 3 is 2.04 bits per heavy atom. The number of rotatable bonds is 10. The van der Waals surface area contributed by atoms with Crippen LogP contribution in [0, 0.1) is 5.92 Å². The van der Waals surface area contributed by atoms with E-state index in [1.165, 1.54) is 20.3 Å². The number of carbonyl (C=O) groups is 4. The summed E-state index contributed by atoms with van der Waals surface area (Å²) in [6.07, 6.45) is 4.28. The van der Waals surface area contributed by atoms with Crippen molar-refractivity contribution in [2.24, 2.45) is 5.92 Å². The SMILES string of the molecule is COC(=O)N[C@H](C(=O)N1CCC[C@H]1c1ncc(-c2ccc3c(c2)C(F)(F)c2cc(-c4ccc5nc([C@@H]6CCCN6C(=O)[C@H](NC(=O)OC)c6ccccc6)[nH]c5c4)ccc2-3)[nH]1)C1CCOCC1. The van der Waals surface area contributed by atoms with Gasteiger partial charge in [-0.15, -0.1) is 0 Å². The van der Waals surface area contributed by atoms with Crippen molar-refractivity contribution in [2.45, 2.75) is 68.6 Å². The minimum absolute atomic E-state index is 0.0961. The normalized spacial score (nSPS) is 19.7. The Morgan fingerprint density at radius 1 is 0.731 bits per heavy atom. The third-order valence-corrected chi connectivity index (χ3v) is 13.7. The molecule has 6 aromatic rings. The molecular weight excluding hydrogens is 863 g/mol. The molecule has 1 aliphatic carbocycles. The summed E-state index contributed by atoms with van der Waals surface area (Å²) < 4.78 is 48.5. The number of alkyl carbamates (subject to hydrolysis) is 2. The van der Waals surface area contributed by atoms with Gasteiger partial charge in [-0.2, -0.15) is 8.78 Å². The highest BCUT2D eigenvalue weighted by Gasteiger charge is 2.45. The molecule has 4 atom stereocenters. The van der Waals surface area contributed by atoms with Gasteiger partial charge in [-0.1, -0.05) is 60.7 Å². The van der Waals surface area contributed by atoms with E-state index in [1.54, 1.807) is 64.5 Å². The van der Waals surface area contributed by atoms with Crippen LogP contribution in [0.1, 0.15) is 85.0 Å². The van der Waals surface area contributed by atoms with Gasteiger partial charge in [-0.25, -0.2) is 19.6 Å². The molecule has 0 spiro atoms. The van der Waals surface area contributed by atoms with Crippen molar-refractivity contribution >= 4 is 35.0 Å². The van der Waals surface area contributed by atoms with Crippen LogP contribution in [0.15, 0.2) is 91.1 Å². The molecule has 3 saturated heterocycles. The summed E-state index contributed by atoms with van der Waals surface area (Å²) in [5.41, 5.74) is 5.08. The van der Waals surface area contributed by atoms with Crippen LogP contribution in [0.5, 0.6) is 0 Å². The molecule has 3 fully saturated rings. The molecule has 15 nitrogen and oxygen atoms in total. The van der Waals surface area contributed by atoms with E-state index in [1.807, 2.05) is 30.3 Å². The Bertz CT molecular complexity index is 2860. The predicted molar refractivity (Wildman–Crippen MR) is 243 cm³/mol. The predicted octanol–water partition coefficient (Wildman–Crippen LogP) is 8.32. The van der Waals surface area contributed by atoms with Crippen LogP contribution >= 0.6 is 0 Å². The first-order chi connectivity index (χ1) is 32.5. The number of methoxy groups -OCH3 is 2. The molecule has 10 rings (SSSR count). The number of hydrogen-bond acceptors (Lipinski definition) is 9. The first kappa shape index (κ1) is 43.7. The van der Waals surface area contributed by atoms with Crippen molar-refractivity contribution in [3.8, 4) is 33.5 Å².